The molecule has 2 heterocycles. The Labute approximate surface area is 197 Å². The molecule has 152 valence electrons. The second kappa shape index (κ2) is 7.93. The SMILES string of the molecule is Brc1ccc2sc3c(-c4nc(-c5ccccc5)nc(-c5ccccc5)n4)cccc3c2c1. The minimum Gasteiger partial charge on any atom is -0.208 e. The number of aromatic nitrogens is 3. The number of rotatable bonds is 3. The largest absolute Gasteiger partial charge is 0.208 e. The Hall–Kier alpha value is -3.41. The minimum absolute atomic E-state index is 0.676. The third-order valence-corrected chi connectivity index (χ3v) is 7.11. The molecule has 2 aromatic heterocycles. The number of halogens is 1. The highest BCUT2D eigenvalue weighted by atomic mass is 79.9. The van der Waals surface area contributed by atoms with Gasteiger partial charge in [0.1, 0.15) is 0 Å². The van der Waals surface area contributed by atoms with Crippen molar-refractivity contribution in [2.45, 2.75) is 0 Å². The molecule has 0 radical (unpaired) electrons. The third kappa shape index (κ3) is 3.40. The molecule has 6 rings (SSSR count). The lowest BCUT2D eigenvalue weighted by atomic mass is 10.1. The van der Waals surface area contributed by atoms with Crippen molar-refractivity contribution in [1.82, 2.24) is 15.0 Å². The highest BCUT2D eigenvalue weighted by Crippen LogP contribution is 2.40. The number of fused-ring (bicyclic) bond motifs is 3. The van der Waals surface area contributed by atoms with E-state index in [1.54, 1.807) is 11.3 Å². The molecule has 0 saturated heterocycles. The average Bonchev–Trinajstić information content (AvgIpc) is 3.23. The fourth-order valence-electron chi connectivity index (χ4n) is 3.88. The van der Waals surface area contributed by atoms with E-state index < -0.39 is 0 Å². The molecule has 0 bridgehead atoms. The Bertz CT molecular complexity index is 1520. The highest BCUT2D eigenvalue weighted by molar-refractivity contribution is 9.10. The average molecular weight is 494 g/mol. The summed E-state index contributed by atoms with van der Waals surface area (Å²) in [5, 5.41) is 2.45. The summed E-state index contributed by atoms with van der Waals surface area (Å²) in [5.74, 6) is 2.04. The summed E-state index contributed by atoms with van der Waals surface area (Å²) in [5.41, 5.74) is 2.97. The smallest absolute Gasteiger partial charge is 0.165 e. The van der Waals surface area contributed by atoms with E-state index in [4.69, 9.17) is 15.0 Å². The van der Waals surface area contributed by atoms with Crippen LogP contribution in [-0.4, -0.2) is 15.0 Å². The van der Waals surface area contributed by atoms with E-state index in [1.807, 2.05) is 60.7 Å². The van der Waals surface area contributed by atoms with Crippen LogP contribution in [0.25, 0.3) is 54.3 Å². The molecule has 5 heteroatoms. The van der Waals surface area contributed by atoms with Crippen LogP contribution in [0, 0.1) is 0 Å². The van der Waals surface area contributed by atoms with Crippen LogP contribution >= 0.6 is 27.3 Å². The number of benzene rings is 4. The van der Waals surface area contributed by atoms with Gasteiger partial charge in [-0.1, -0.05) is 88.7 Å². The maximum absolute atomic E-state index is 4.91. The first-order valence-corrected chi connectivity index (χ1v) is 11.9. The Morgan fingerprint density at radius 1 is 0.562 bits per heavy atom. The topological polar surface area (TPSA) is 38.7 Å². The zero-order valence-electron chi connectivity index (χ0n) is 16.9. The molecule has 0 unspecified atom stereocenters. The zero-order valence-corrected chi connectivity index (χ0v) is 19.3. The molecule has 0 spiro atoms. The van der Waals surface area contributed by atoms with Crippen molar-refractivity contribution in [3.63, 3.8) is 0 Å². The standard InChI is InChI=1S/C27H16BrN3S/c28-19-14-15-23-22(16-19)20-12-7-13-21(24(20)32-23)27-30-25(17-8-3-1-4-9-17)29-26(31-27)18-10-5-2-6-11-18/h1-16H. The summed E-state index contributed by atoms with van der Waals surface area (Å²) in [6.07, 6.45) is 0. The van der Waals surface area contributed by atoms with E-state index >= 15 is 0 Å². The van der Waals surface area contributed by atoms with Crippen LogP contribution in [0.15, 0.2) is 102 Å². The maximum atomic E-state index is 4.91. The van der Waals surface area contributed by atoms with Crippen LogP contribution in [0.2, 0.25) is 0 Å². The summed E-state index contributed by atoms with van der Waals surface area (Å²) < 4.78 is 3.51. The molecule has 4 aromatic carbocycles. The van der Waals surface area contributed by atoms with E-state index in [1.165, 1.54) is 20.2 Å². The normalized spacial score (nSPS) is 11.3. The summed E-state index contributed by atoms with van der Waals surface area (Å²) in [7, 11) is 0. The number of thiophene rings is 1. The molecule has 3 nitrogen and oxygen atoms in total. The van der Waals surface area contributed by atoms with E-state index in [0.717, 1.165) is 21.2 Å². The number of hydrogen-bond donors (Lipinski definition) is 0. The van der Waals surface area contributed by atoms with Crippen LogP contribution in [0.3, 0.4) is 0 Å². The van der Waals surface area contributed by atoms with Crippen molar-refractivity contribution >= 4 is 47.4 Å². The molecule has 0 saturated carbocycles. The second-order valence-electron chi connectivity index (χ2n) is 7.46. The van der Waals surface area contributed by atoms with Crippen LogP contribution in [0.5, 0.6) is 0 Å². The number of hydrogen-bond acceptors (Lipinski definition) is 4. The van der Waals surface area contributed by atoms with Gasteiger partial charge in [0.15, 0.2) is 17.5 Å². The predicted molar refractivity (Wildman–Crippen MR) is 137 cm³/mol. The van der Waals surface area contributed by atoms with E-state index in [2.05, 4.69) is 52.3 Å². The van der Waals surface area contributed by atoms with Gasteiger partial charge in [-0.3, -0.25) is 0 Å². The van der Waals surface area contributed by atoms with Gasteiger partial charge in [0.05, 0.1) is 0 Å². The molecule has 0 N–H and O–H groups in total. The van der Waals surface area contributed by atoms with Crippen LogP contribution < -0.4 is 0 Å². The quantitative estimate of drug-likeness (QED) is 0.250. The van der Waals surface area contributed by atoms with Crippen LogP contribution in [0.4, 0.5) is 0 Å². The van der Waals surface area contributed by atoms with Crippen molar-refractivity contribution in [2.75, 3.05) is 0 Å². The maximum Gasteiger partial charge on any atom is 0.165 e. The van der Waals surface area contributed by atoms with Gasteiger partial charge in [-0.05, 0) is 24.3 Å². The fourth-order valence-corrected chi connectivity index (χ4v) is 5.43. The summed E-state index contributed by atoms with van der Waals surface area (Å²) in [6, 6.07) is 32.9. The van der Waals surface area contributed by atoms with Crippen LogP contribution in [0.1, 0.15) is 0 Å². The molecule has 6 aromatic rings. The van der Waals surface area contributed by atoms with E-state index in [0.29, 0.717) is 17.5 Å². The lowest BCUT2D eigenvalue weighted by Crippen LogP contribution is -2.00. The van der Waals surface area contributed by atoms with Gasteiger partial charge in [0, 0.05) is 41.3 Å². The zero-order chi connectivity index (χ0) is 21.5. The fraction of sp³-hybridized carbons (Fsp3) is 0. The van der Waals surface area contributed by atoms with E-state index in [9.17, 15) is 0 Å². The van der Waals surface area contributed by atoms with Gasteiger partial charge in [-0.15, -0.1) is 11.3 Å². The summed E-state index contributed by atoms with van der Waals surface area (Å²) in [4.78, 5) is 14.6. The van der Waals surface area contributed by atoms with Crippen molar-refractivity contribution < 1.29 is 0 Å². The second-order valence-corrected chi connectivity index (χ2v) is 9.43. The Balaban J connectivity index is 1.63. The Morgan fingerprint density at radius 2 is 1.19 bits per heavy atom. The highest BCUT2D eigenvalue weighted by Gasteiger charge is 2.16. The molecular weight excluding hydrogens is 478 g/mol. The Kier molecular flexibility index (Phi) is 4.78. The monoisotopic (exact) mass is 493 g/mol. The van der Waals surface area contributed by atoms with Crippen molar-refractivity contribution in [1.29, 1.82) is 0 Å². The predicted octanol–water partition coefficient (Wildman–Crippen LogP) is 8.00. The molecular formula is C27H16BrN3S. The van der Waals surface area contributed by atoms with Crippen molar-refractivity contribution in [3.05, 3.63) is 102 Å². The molecule has 0 aliphatic rings. The van der Waals surface area contributed by atoms with Crippen molar-refractivity contribution in [2.24, 2.45) is 0 Å². The summed E-state index contributed by atoms with van der Waals surface area (Å²) in [6.45, 7) is 0. The molecule has 0 amide bonds. The van der Waals surface area contributed by atoms with Gasteiger partial charge in [-0.2, -0.15) is 0 Å². The first-order valence-electron chi connectivity index (χ1n) is 10.2. The molecule has 0 fully saturated rings. The molecule has 0 aliphatic carbocycles. The molecule has 0 aliphatic heterocycles. The molecule has 0 atom stereocenters. The lowest BCUT2D eigenvalue weighted by Gasteiger charge is -2.09. The Morgan fingerprint density at radius 3 is 1.84 bits per heavy atom. The van der Waals surface area contributed by atoms with Gasteiger partial charge in [-0.25, -0.2) is 15.0 Å². The van der Waals surface area contributed by atoms with Gasteiger partial charge >= 0.3 is 0 Å². The van der Waals surface area contributed by atoms with Gasteiger partial charge in [0.25, 0.3) is 0 Å². The number of nitrogens with zero attached hydrogens (tertiary/aromatic N) is 3. The van der Waals surface area contributed by atoms with E-state index in [-0.39, 0.29) is 0 Å². The molecule has 32 heavy (non-hydrogen) atoms. The third-order valence-electron chi connectivity index (χ3n) is 5.40. The van der Waals surface area contributed by atoms with Crippen LogP contribution in [-0.2, 0) is 0 Å². The minimum atomic E-state index is 0.676. The van der Waals surface area contributed by atoms with Gasteiger partial charge < -0.3 is 0 Å². The first kappa shape index (κ1) is 19.3. The lowest BCUT2D eigenvalue weighted by molar-refractivity contribution is 1.08. The first-order chi connectivity index (χ1) is 15.8. The summed E-state index contributed by atoms with van der Waals surface area (Å²) >= 11 is 5.38. The van der Waals surface area contributed by atoms with Crippen molar-refractivity contribution in [3.8, 4) is 34.2 Å². The van der Waals surface area contributed by atoms with Gasteiger partial charge in [0.2, 0.25) is 0 Å².